The summed E-state index contributed by atoms with van der Waals surface area (Å²) >= 11 is 6.48. The number of benzene rings is 1. The minimum atomic E-state index is -0.173. The van der Waals surface area contributed by atoms with Crippen molar-refractivity contribution in [1.29, 1.82) is 0 Å². The van der Waals surface area contributed by atoms with Gasteiger partial charge in [0, 0.05) is 48.5 Å². The second-order valence-electron chi connectivity index (χ2n) is 13.2. The molecule has 1 saturated carbocycles. The maximum atomic E-state index is 6.48. The molecular weight excluding hydrogens is 658 g/mol. The third-order valence-electron chi connectivity index (χ3n) is 9.82. The first-order valence-electron chi connectivity index (χ1n) is 17.3. The molecule has 1 aromatic carbocycles. The molecule has 3 aliphatic rings. The number of hydrogen-bond donors (Lipinski definition) is 1. The van der Waals surface area contributed by atoms with Crippen LogP contribution in [-0.2, 0) is 17.9 Å². The van der Waals surface area contributed by atoms with Crippen molar-refractivity contribution < 1.29 is 14.2 Å². The van der Waals surface area contributed by atoms with Gasteiger partial charge in [0.1, 0.15) is 36.8 Å². The molecule has 4 aromatic heterocycles. The van der Waals surface area contributed by atoms with Crippen LogP contribution in [0.4, 0.5) is 11.6 Å². The number of hydrogen-bond acceptors (Lipinski definition) is 12. The lowest BCUT2D eigenvalue weighted by molar-refractivity contribution is -0.0458. The Labute approximate surface area is 295 Å². The minimum Gasteiger partial charge on any atom is -0.487 e. The van der Waals surface area contributed by atoms with Crippen molar-refractivity contribution in [2.24, 2.45) is 0 Å². The van der Waals surface area contributed by atoms with Gasteiger partial charge in [0.2, 0.25) is 5.95 Å². The van der Waals surface area contributed by atoms with E-state index >= 15 is 0 Å². The molecule has 2 bridgehead atoms. The molecule has 5 aromatic rings. The van der Waals surface area contributed by atoms with E-state index in [4.69, 9.17) is 30.9 Å². The monoisotopic (exact) mass is 697 g/mol. The number of ether oxygens (including phenoxy) is 3. The van der Waals surface area contributed by atoms with Crippen LogP contribution in [0.5, 0.6) is 11.6 Å². The van der Waals surface area contributed by atoms with Crippen molar-refractivity contribution in [3.8, 4) is 22.8 Å². The van der Waals surface area contributed by atoms with Crippen LogP contribution in [0.2, 0.25) is 5.02 Å². The highest BCUT2D eigenvalue weighted by molar-refractivity contribution is 6.32. The summed E-state index contributed by atoms with van der Waals surface area (Å²) in [6.07, 6.45) is 18.9. The van der Waals surface area contributed by atoms with Gasteiger partial charge in [0.25, 0.3) is 5.88 Å². The first kappa shape index (κ1) is 32.5. The molecule has 14 nitrogen and oxygen atoms in total. The van der Waals surface area contributed by atoms with Gasteiger partial charge in [-0.3, -0.25) is 9.58 Å². The van der Waals surface area contributed by atoms with Crippen LogP contribution >= 0.6 is 11.6 Å². The van der Waals surface area contributed by atoms with Crippen LogP contribution in [-0.4, -0.2) is 86.8 Å². The largest absolute Gasteiger partial charge is 0.487 e. The summed E-state index contributed by atoms with van der Waals surface area (Å²) in [5.74, 6) is 2.03. The van der Waals surface area contributed by atoms with E-state index in [2.05, 4.69) is 40.2 Å². The molecule has 2 aliphatic heterocycles. The molecule has 2 saturated heterocycles. The molecule has 50 heavy (non-hydrogen) atoms. The number of morpholine rings is 1. The average molecular weight is 698 g/mol. The molecule has 1 N–H and O–H groups in total. The Morgan fingerprint density at radius 3 is 2.42 bits per heavy atom. The fraction of sp³-hybridized carbons (Fsp3) is 0.457. The fourth-order valence-electron chi connectivity index (χ4n) is 7.45. The molecular formula is C35H40ClN11O3. The van der Waals surface area contributed by atoms with E-state index in [0.717, 1.165) is 50.0 Å². The van der Waals surface area contributed by atoms with E-state index in [9.17, 15) is 0 Å². The molecule has 3 atom stereocenters. The third-order valence-corrected chi connectivity index (χ3v) is 10.1. The van der Waals surface area contributed by atoms with Crippen LogP contribution in [0.15, 0.2) is 67.9 Å². The van der Waals surface area contributed by atoms with Crippen molar-refractivity contribution in [2.75, 3.05) is 18.5 Å². The first-order valence-corrected chi connectivity index (χ1v) is 17.6. The number of aromatic nitrogens is 9. The van der Waals surface area contributed by atoms with Crippen molar-refractivity contribution in [3.63, 3.8) is 0 Å². The lowest BCUT2D eigenvalue weighted by Gasteiger charge is -2.43. The van der Waals surface area contributed by atoms with Gasteiger partial charge in [0.15, 0.2) is 5.82 Å². The SMILES string of the molecule is C[C@@H](Cn1cncn1)Oc1cc(-c2cnc(Nc3cn([C@H]4CC[C@H](N5[C@@H]6CC[C@H]5COC6)CC4)nc3OCc3ncccn3)nc2)ccc1Cl. The molecule has 260 valence electrons. The molecule has 0 spiro atoms. The Morgan fingerprint density at radius 2 is 1.68 bits per heavy atom. The van der Waals surface area contributed by atoms with Gasteiger partial charge < -0.3 is 19.5 Å². The fourth-order valence-corrected chi connectivity index (χ4v) is 7.61. The number of nitrogens with zero attached hydrogens (tertiary/aromatic N) is 10. The van der Waals surface area contributed by atoms with Crippen LogP contribution in [0, 0.1) is 0 Å². The van der Waals surface area contributed by atoms with Crippen LogP contribution < -0.4 is 14.8 Å². The summed E-state index contributed by atoms with van der Waals surface area (Å²) in [5, 5.41) is 12.9. The first-order chi connectivity index (χ1) is 24.6. The summed E-state index contributed by atoms with van der Waals surface area (Å²) in [7, 11) is 0. The van der Waals surface area contributed by atoms with E-state index in [1.807, 2.05) is 36.0 Å². The second-order valence-corrected chi connectivity index (χ2v) is 13.6. The van der Waals surface area contributed by atoms with E-state index in [-0.39, 0.29) is 18.8 Å². The average Bonchev–Trinajstić information content (AvgIpc) is 3.87. The van der Waals surface area contributed by atoms with Crippen LogP contribution in [0.1, 0.15) is 57.3 Å². The number of rotatable bonds is 12. The van der Waals surface area contributed by atoms with Gasteiger partial charge in [-0.1, -0.05) is 17.7 Å². The quantitative estimate of drug-likeness (QED) is 0.176. The zero-order chi connectivity index (χ0) is 33.9. The zero-order valence-electron chi connectivity index (χ0n) is 27.9. The van der Waals surface area contributed by atoms with E-state index in [1.54, 1.807) is 41.9 Å². The molecule has 1 aliphatic carbocycles. The summed E-state index contributed by atoms with van der Waals surface area (Å²) in [4.78, 5) is 24.6. The zero-order valence-corrected chi connectivity index (χ0v) is 28.6. The molecule has 3 fully saturated rings. The Kier molecular flexibility index (Phi) is 9.55. The number of halogens is 1. The third kappa shape index (κ3) is 7.28. The summed E-state index contributed by atoms with van der Waals surface area (Å²) in [6.45, 7) is 4.44. The van der Waals surface area contributed by atoms with Crippen molar-refractivity contribution >= 4 is 23.2 Å². The molecule has 0 unspecified atom stereocenters. The Bertz CT molecular complexity index is 1830. The van der Waals surface area contributed by atoms with Crippen LogP contribution in [0.3, 0.4) is 0 Å². The molecule has 8 rings (SSSR count). The molecule has 6 heterocycles. The topological polar surface area (TPSA) is 143 Å². The van der Waals surface area contributed by atoms with E-state index in [0.29, 0.717) is 58.8 Å². The maximum Gasteiger partial charge on any atom is 0.257 e. The van der Waals surface area contributed by atoms with Crippen molar-refractivity contribution in [2.45, 2.75) is 88.9 Å². The molecule has 0 radical (unpaired) electrons. The van der Waals surface area contributed by atoms with Gasteiger partial charge >= 0.3 is 0 Å². The number of anilines is 2. The lowest BCUT2D eigenvalue weighted by atomic mass is 9.89. The summed E-state index contributed by atoms with van der Waals surface area (Å²) in [6, 6.07) is 9.46. The molecule has 15 heteroatoms. The summed E-state index contributed by atoms with van der Waals surface area (Å²) in [5.41, 5.74) is 2.38. The Morgan fingerprint density at radius 1 is 0.940 bits per heavy atom. The summed E-state index contributed by atoms with van der Waals surface area (Å²) < 4.78 is 21.9. The highest BCUT2D eigenvalue weighted by Crippen LogP contribution is 2.40. The predicted molar refractivity (Wildman–Crippen MR) is 185 cm³/mol. The van der Waals surface area contributed by atoms with E-state index in [1.165, 1.54) is 19.2 Å². The highest BCUT2D eigenvalue weighted by Gasteiger charge is 2.42. The smallest absolute Gasteiger partial charge is 0.257 e. The van der Waals surface area contributed by atoms with Crippen molar-refractivity contribution in [3.05, 3.63) is 78.8 Å². The van der Waals surface area contributed by atoms with E-state index < -0.39 is 0 Å². The second kappa shape index (κ2) is 14.7. The van der Waals surface area contributed by atoms with Gasteiger partial charge in [-0.2, -0.15) is 5.10 Å². The molecule has 0 amide bonds. The van der Waals surface area contributed by atoms with Crippen LogP contribution in [0.25, 0.3) is 11.1 Å². The number of nitrogens with one attached hydrogen (secondary N) is 1. The van der Waals surface area contributed by atoms with Gasteiger partial charge in [-0.05, 0) is 69.2 Å². The maximum absolute atomic E-state index is 6.48. The normalized spacial score (nSPS) is 22.7. The standard InChI is InChI=1S/C35H40ClN11O3/c1-23(16-45-22-37-21-42-45)50-32-13-24(3-10-30(32)36)25-14-40-35(41-15-25)43-31-17-46(44-34(31)49-20-33-38-11-2-12-39-33)26-4-6-27(7-5-26)47-28-8-9-29(47)19-48-18-28/h2-3,10-15,17,21-23,26-29H,4-9,16,18-20H2,1H3,(H,40,41,43)/t23-,26-,27-,28-,29+/m0/s1. The van der Waals surface area contributed by atoms with Gasteiger partial charge in [0.05, 0.1) is 37.0 Å². The minimum absolute atomic E-state index is 0.173. The Hall–Kier alpha value is -4.66. The predicted octanol–water partition coefficient (Wildman–Crippen LogP) is 5.51. The van der Waals surface area contributed by atoms with Gasteiger partial charge in [-0.15, -0.1) is 5.10 Å². The Balaban J connectivity index is 0.958. The van der Waals surface area contributed by atoms with Gasteiger partial charge in [-0.25, -0.2) is 29.6 Å². The number of fused-ring (bicyclic) bond motifs is 2. The lowest BCUT2D eigenvalue weighted by Crippen LogP contribution is -2.52. The highest BCUT2D eigenvalue weighted by atomic mass is 35.5. The van der Waals surface area contributed by atoms with Crippen molar-refractivity contribution in [1.82, 2.24) is 49.4 Å².